The minimum atomic E-state index is 1.03. The molecule has 0 aliphatic rings. The molecule has 0 aromatic heterocycles. The van der Waals surface area contributed by atoms with Gasteiger partial charge in [0.2, 0.25) is 0 Å². The van der Waals surface area contributed by atoms with Gasteiger partial charge in [0.15, 0.2) is 0 Å². The summed E-state index contributed by atoms with van der Waals surface area (Å²) in [5, 5.41) is 3.17. The van der Waals surface area contributed by atoms with E-state index in [4.69, 9.17) is 0 Å². The SMILES string of the molecule is CCCCCCCC=CNCC. The first kappa shape index (κ1) is 11.5. The zero-order valence-electron chi connectivity index (χ0n) is 8.60. The first-order chi connectivity index (χ1) is 5.91. The Morgan fingerprint density at radius 1 is 1.00 bits per heavy atom. The Bertz CT molecular complexity index is 97.2. The van der Waals surface area contributed by atoms with Crippen LogP contribution in [-0.4, -0.2) is 6.54 Å². The summed E-state index contributed by atoms with van der Waals surface area (Å²) in [5.41, 5.74) is 0. The molecule has 0 aromatic rings. The number of unbranched alkanes of at least 4 members (excludes halogenated alkanes) is 5. The molecule has 0 atom stereocenters. The maximum atomic E-state index is 3.17. The van der Waals surface area contributed by atoms with Crippen molar-refractivity contribution in [1.29, 1.82) is 0 Å². The second-order valence-corrected chi connectivity index (χ2v) is 3.16. The monoisotopic (exact) mass is 169 g/mol. The Balaban J connectivity index is 2.90. The van der Waals surface area contributed by atoms with Crippen molar-refractivity contribution < 1.29 is 0 Å². The summed E-state index contributed by atoms with van der Waals surface area (Å²) >= 11 is 0. The molecule has 0 spiro atoms. The van der Waals surface area contributed by atoms with Crippen LogP contribution in [0.3, 0.4) is 0 Å². The van der Waals surface area contributed by atoms with Gasteiger partial charge in [0.25, 0.3) is 0 Å². The van der Waals surface area contributed by atoms with Gasteiger partial charge in [-0.05, 0) is 26.0 Å². The minimum Gasteiger partial charge on any atom is -0.391 e. The summed E-state index contributed by atoms with van der Waals surface area (Å²) in [6.45, 7) is 5.41. The van der Waals surface area contributed by atoms with Crippen LogP contribution < -0.4 is 5.32 Å². The Morgan fingerprint density at radius 2 is 1.75 bits per heavy atom. The highest BCUT2D eigenvalue weighted by Crippen LogP contribution is 2.04. The van der Waals surface area contributed by atoms with E-state index in [1.165, 1.54) is 38.5 Å². The van der Waals surface area contributed by atoms with E-state index in [2.05, 4.69) is 31.4 Å². The van der Waals surface area contributed by atoms with Crippen LogP contribution in [0, 0.1) is 0 Å². The molecule has 1 heteroatoms. The molecule has 0 heterocycles. The summed E-state index contributed by atoms with van der Waals surface area (Å²) in [7, 11) is 0. The third kappa shape index (κ3) is 9.54. The molecule has 0 amide bonds. The van der Waals surface area contributed by atoms with Crippen LogP contribution in [0.15, 0.2) is 12.3 Å². The lowest BCUT2D eigenvalue weighted by molar-refractivity contribution is 0.636. The molecular formula is C11H23N. The highest BCUT2D eigenvalue weighted by atomic mass is 14.8. The van der Waals surface area contributed by atoms with Crippen molar-refractivity contribution in [3.8, 4) is 0 Å². The average Bonchev–Trinajstić information content (AvgIpc) is 2.10. The van der Waals surface area contributed by atoms with Crippen molar-refractivity contribution >= 4 is 0 Å². The van der Waals surface area contributed by atoms with Crippen LogP contribution in [-0.2, 0) is 0 Å². The van der Waals surface area contributed by atoms with Gasteiger partial charge in [-0.15, -0.1) is 0 Å². The number of hydrogen-bond acceptors (Lipinski definition) is 1. The van der Waals surface area contributed by atoms with Gasteiger partial charge in [-0.1, -0.05) is 38.7 Å². The molecule has 0 aliphatic heterocycles. The Hall–Kier alpha value is -0.460. The first-order valence-corrected chi connectivity index (χ1v) is 5.30. The van der Waals surface area contributed by atoms with Gasteiger partial charge in [0.05, 0.1) is 0 Å². The lowest BCUT2D eigenvalue weighted by Crippen LogP contribution is -2.01. The largest absolute Gasteiger partial charge is 0.391 e. The Morgan fingerprint density at radius 3 is 2.42 bits per heavy atom. The summed E-state index contributed by atoms with van der Waals surface area (Å²) < 4.78 is 0. The summed E-state index contributed by atoms with van der Waals surface area (Å²) in [6.07, 6.45) is 12.4. The van der Waals surface area contributed by atoms with E-state index in [1.807, 2.05) is 0 Å². The second kappa shape index (κ2) is 10.5. The van der Waals surface area contributed by atoms with E-state index in [-0.39, 0.29) is 0 Å². The minimum absolute atomic E-state index is 1.03. The second-order valence-electron chi connectivity index (χ2n) is 3.16. The number of rotatable bonds is 8. The van der Waals surface area contributed by atoms with Gasteiger partial charge in [-0.25, -0.2) is 0 Å². The topological polar surface area (TPSA) is 12.0 Å². The van der Waals surface area contributed by atoms with Crippen LogP contribution in [0.1, 0.15) is 52.4 Å². The molecule has 1 nitrogen and oxygen atoms in total. The smallest absolute Gasteiger partial charge is 0.0112 e. The van der Waals surface area contributed by atoms with Crippen LogP contribution in [0.25, 0.3) is 0 Å². The molecule has 72 valence electrons. The molecule has 0 aromatic carbocycles. The molecule has 0 bridgehead atoms. The zero-order chi connectivity index (χ0) is 9.07. The summed E-state index contributed by atoms with van der Waals surface area (Å²) in [6, 6.07) is 0. The van der Waals surface area contributed by atoms with Gasteiger partial charge in [0.1, 0.15) is 0 Å². The first-order valence-electron chi connectivity index (χ1n) is 5.30. The molecule has 1 N–H and O–H groups in total. The van der Waals surface area contributed by atoms with Crippen molar-refractivity contribution in [1.82, 2.24) is 5.32 Å². The van der Waals surface area contributed by atoms with E-state index in [0.29, 0.717) is 0 Å². The lowest BCUT2D eigenvalue weighted by Gasteiger charge is -1.96. The molecular weight excluding hydrogens is 146 g/mol. The third-order valence-electron chi connectivity index (χ3n) is 1.91. The highest BCUT2D eigenvalue weighted by molar-refractivity contribution is 4.78. The Labute approximate surface area is 77.2 Å². The molecule has 0 rings (SSSR count). The molecule has 0 fully saturated rings. The predicted molar refractivity (Wildman–Crippen MR) is 56.2 cm³/mol. The van der Waals surface area contributed by atoms with E-state index in [1.54, 1.807) is 0 Å². The van der Waals surface area contributed by atoms with Crippen molar-refractivity contribution in [3.63, 3.8) is 0 Å². The van der Waals surface area contributed by atoms with Crippen LogP contribution >= 0.6 is 0 Å². The van der Waals surface area contributed by atoms with Gasteiger partial charge in [-0.3, -0.25) is 0 Å². The van der Waals surface area contributed by atoms with Gasteiger partial charge in [-0.2, -0.15) is 0 Å². The molecule has 0 saturated heterocycles. The van der Waals surface area contributed by atoms with Crippen LogP contribution in [0.5, 0.6) is 0 Å². The predicted octanol–water partition coefficient (Wildman–Crippen LogP) is 3.47. The maximum absolute atomic E-state index is 3.17. The average molecular weight is 169 g/mol. The number of hydrogen-bond donors (Lipinski definition) is 1. The third-order valence-corrected chi connectivity index (χ3v) is 1.91. The van der Waals surface area contributed by atoms with Crippen LogP contribution in [0.4, 0.5) is 0 Å². The van der Waals surface area contributed by atoms with Gasteiger partial charge in [0, 0.05) is 6.54 Å². The van der Waals surface area contributed by atoms with E-state index in [0.717, 1.165) is 6.54 Å². The molecule has 0 aliphatic carbocycles. The number of nitrogens with one attached hydrogen (secondary N) is 1. The number of allylic oxidation sites excluding steroid dienone is 1. The summed E-state index contributed by atoms with van der Waals surface area (Å²) in [5.74, 6) is 0. The van der Waals surface area contributed by atoms with E-state index >= 15 is 0 Å². The standard InChI is InChI=1S/C11H23N/c1-3-5-6-7-8-9-10-11-12-4-2/h10-12H,3-9H2,1-2H3. The summed E-state index contributed by atoms with van der Waals surface area (Å²) in [4.78, 5) is 0. The molecule has 0 unspecified atom stereocenters. The van der Waals surface area contributed by atoms with Gasteiger partial charge < -0.3 is 5.32 Å². The van der Waals surface area contributed by atoms with Crippen molar-refractivity contribution in [2.24, 2.45) is 0 Å². The van der Waals surface area contributed by atoms with Gasteiger partial charge >= 0.3 is 0 Å². The van der Waals surface area contributed by atoms with Crippen LogP contribution in [0.2, 0.25) is 0 Å². The molecule has 12 heavy (non-hydrogen) atoms. The molecule has 0 radical (unpaired) electrons. The molecule has 0 saturated carbocycles. The fourth-order valence-electron chi connectivity index (χ4n) is 1.15. The van der Waals surface area contributed by atoms with Crippen molar-refractivity contribution in [3.05, 3.63) is 12.3 Å². The lowest BCUT2D eigenvalue weighted by atomic mass is 10.1. The fraction of sp³-hybridized carbons (Fsp3) is 0.818. The highest BCUT2D eigenvalue weighted by Gasteiger charge is 1.85. The fourth-order valence-corrected chi connectivity index (χ4v) is 1.15. The Kier molecular flexibility index (Phi) is 10.1. The quantitative estimate of drug-likeness (QED) is 0.549. The maximum Gasteiger partial charge on any atom is 0.0112 e. The van der Waals surface area contributed by atoms with E-state index in [9.17, 15) is 0 Å². The van der Waals surface area contributed by atoms with Crippen molar-refractivity contribution in [2.45, 2.75) is 52.4 Å². The van der Waals surface area contributed by atoms with E-state index < -0.39 is 0 Å². The normalized spacial score (nSPS) is 10.8. The zero-order valence-corrected chi connectivity index (χ0v) is 8.60. The van der Waals surface area contributed by atoms with Crippen molar-refractivity contribution in [2.75, 3.05) is 6.54 Å².